The summed E-state index contributed by atoms with van der Waals surface area (Å²) in [6.07, 6.45) is 2.22. The molecule has 0 aliphatic carbocycles. The number of carbonyl (C=O) groups is 2. The van der Waals surface area contributed by atoms with E-state index in [0.717, 1.165) is 53.3 Å². The van der Waals surface area contributed by atoms with Gasteiger partial charge in [-0.15, -0.1) is 0 Å². The average molecular weight is 560 g/mol. The number of nitrogens with one attached hydrogen (secondary N) is 1. The van der Waals surface area contributed by atoms with Crippen molar-refractivity contribution in [3.63, 3.8) is 0 Å². The zero-order valence-electron chi connectivity index (χ0n) is 23.6. The highest BCUT2D eigenvalue weighted by Crippen LogP contribution is 2.33. The Morgan fingerprint density at radius 3 is 2.40 bits per heavy atom. The first-order chi connectivity index (χ1) is 20.5. The van der Waals surface area contributed by atoms with E-state index in [0.29, 0.717) is 30.9 Å². The fourth-order valence-corrected chi connectivity index (χ4v) is 5.39. The van der Waals surface area contributed by atoms with Crippen molar-refractivity contribution >= 4 is 29.2 Å². The number of aliphatic imine (C=N–C) groups is 1. The van der Waals surface area contributed by atoms with Gasteiger partial charge in [0.25, 0.3) is 5.91 Å². The van der Waals surface area contributed by atoms with Gasteiger partial charge in [-0.05, 0) is 46.9 Å². The Labute approximate surface area is 245 Å². The van der Waals surface area contributed by atoms with Crippen molar-refractivity contribution in [3.05, 3.63) is 125 Å². The van der Waals surface area contributed by atoms with E-state index in [4.69, 9.17) is 9.73 Å². The van der Waals surface area contributed by atoms with Gasteiger partial charge in [-0.3, -0.25) is 14.7 Å². The van der Waals surface area contributed by atoms with Crippen LogP contribution in [0.15, 0.2) is 96.1 Å². The van der Waals surface area contributed by atoms with Crippen LogP contribution in [0, 0.1) is 6.92 Å². The number of nitrogens with zero attached hydrogens (tertiary/aromatic N) is 4. The van der Waals surface area contributed by atoms with Crippen LogP contribution in [0.1, 0.15) is 38.2 Å². The van der Waals surface area contributed by atoms with E-state index in [-0.39, 0.29) is 18.6 Å². The topological polar surface area (TPSA) is 87.1 Å². The molecular formula is C34H33N5O3. The second-order valence-electron chi connectivity index (χ2n) is 10.7. The number of anilines is 1. The Hall–Kier alpha value is -4.82. The van der Waals surface area contributed by atoms with E-state index in [1.807, 2.05) is 72.8 Å². The molecule has 2 amide bonds. The third kappa shape index (κ3) is 6.24. The monoisotopic (exact) mass is 559 g/mol. The molecule has 0 unspecified atom stereocenters. The minimum absolute atomic E-state index is 0.225. The van der Waals surface area contributed by atoms with Crippen LogP contribution in [-0.4, -0.2) is 58.7 Å². The second kappa shape index (κ2) is 12.4. The molecule has 3 heterocycles. The molecule has 42 heavy (non-hydrogen) atoms. The summed E-state index contributed by atoms with van der Waals surface area (Å²) in [7, 11) is 0. The molecule has 0 spiro atoms. The lowest BCUT2D eigenvalue weighted by Gasteiger charge is -2.34. The van der Waals surface area contributed by atoms with Crippen LogP contribution in [-0.2, 0) is 24.3 Å². The summed E-state index contributed by atoms with van der Waals surface area (Å²) in [5.41, 5.74) is 7.61. The summed E-state index contributed by atoms with van der Waals surface area (Å²) in [6.45, 7) is 5.81. The van der Waals surface area contributed by atoms with E-state index < -0.39 is 0 Å². The van der Waals surface area contributed by atoms with Crippen LogP contribution in [0.5, 0.6) is 0 Å². The number of amides is 2. The molecular weight excluding hydrogens is 526 g/mol. The van der Waals surface area contributed by atoms with Gasteiger partial charge in [0.1, 0.15) is 12.4 Å². The maximum absolute atomic E-state index is 13.2. The van der Waals surface area contributed by atoms with Crippen molar-refractivity contribution in [1.82, 2.24) is 14.8 Å². The molecule has 0 radical (unpaired) electrons. The summed E-state index contributed by atoms with van der Waals surface area (Å²) < 4.78 is 5.47. The molecule has 2 aliphatic heterocycles. The number of benzene rings is 3. The number of pyridine rings is 1. The molecule has 1 N–H and O–H groups in total. The molecule has 1 fully saturated rings. The second-order valence-corrected chi connectivity index (χ2v) is 10.7. The highest BCUT2D eigenvalue weighted by Gasteiger charge is 2.24. The first-order valence-corrected chi connectivity index (χ1v) is 14.2. The molecule has 4 aromatic rings. The van der Waals surface area contributed by atoms with Crippen LogP contribution in [0.25, 0.3) is 0 Å². The summed E-state index contributed by atoms with van der Waals surface area (Å²) in [6, 6.07) is 27.4. The minimum atomic E-state index is -0.276. The number of aryl methyl sites for hydroxylation is 1. The molecule has 0 saturated carbocycles. The summed E-state index contributed by atoms with van der Waals surface area (Å²) in [4.78, 5) is 39.1. The Morgan fingerprint density at radius 2 is 1.64 bits per heavy atom. The van der Waals surface area contributed by atoms with Crippen LogP contribution in [0.2, 0.25) is 0 Å². The van der Waals surface area contributed by atoms with Crippen LogP contribution < -0.4 is 5.32 Å². The van der Waals surface area contributed by atoms with E-state index >= 15 is 0 Å². The molecule has 0 atom stereocenters. The number of rotatable bonds is 7. The maximum atomic E-state index is 13.2. The van der Waals surface area contributed by atoms with Crippen LogP contribution in [0.3, 0.4) is 0 Å². The minimum Gasteiger partial charge on any atom is -0.445 e. The molecule has 1 aromatic heterocycles. The molecule has 3 aromatic carbocycles. The van der Waals surface area contributed by atoms with Gasteiger partial charge in [-0.1, -0.05) is 72.8 Å². The Balaban J connectivity index is 1.01. The fraction of sp³-hybridized carbons (Fsp3) is 0.235. The normalized spacial score (nSPS) is 14.7. The molecule has 1 saturated heterocycles. The lowest BCUT2D eigenvalue weighted by molar-refractivity contribution is 0.0700. The number of carbonyl (C=O) groups excluding carboxylic acids is 2. The van der Waals surface area contributed by atoms with Crippen molar-refractivity contribution in [3.8, 4) is 0 Å². The number of piperazine rings is 1. The van der Waals surface area contributed by atoms with Gasteiger partial charge in [0.2, 0.25) is 0 Å². The predicted octanol–water partition coefficient (Wildman–Crippen LogP) is 5.77. The van der Waals surface area contributed by atoms with Crippen molar-refractivity contribution in [2.45, 2.75) is 26.5 Å². The zero-order valence-corrected chi connectivity index (χ0v) is 23.6. The van der Waals surface area contributed by atoms with Gasteiger partial charge in [0, 0.05) is 45.3 Å². The quantitative estimate of drug-likeness (QED) is 0.311. The van der Waals surface area contributed by atoms with E-state index in [2.05, 4.69) is 34.3 Å². The standard InChI is InChI=1S/C34H33N5O3/c1-24-8-5-6-12-28(24)30-20-27-11-7-13-29(32(27)36-30)33(40)37-31-15-14-26(21-35-31)22-38-16-18-39(19-17-38)34(41)42-23-25-9-3-2-4-10-25/h2-15,21H,16-20,22-23H2,1H3,(H,35,37,40). The third-order valence-corrected chi connectivity index (χ3v) is 7.73. The van der Waals surface area contributed by atoms with E-state index in [1.165, 1.54) is 5.56 Å². The number of aromatic nitrogens is 1. The molecule has 8 nitrogen and oxygen atoms in total. The Morgan fingerprint density at radius 1 is 0.857 bits per heavy atom. The van der Waals surface area contributed by atoms with Crippen LogP contribution >= 0.6 is 0 Å². The number of ether oxygens (including phenoxy) is 1. The van der Waals surface area contributed by atoms with Crippen molar-refractivity contribution in [2.24, 2.45) is 4.99 Å². The van der Waals surface area contributed by atoms with Gasteiger partial charge < -0.3 is 15.0 Å². The van der Waals surface area contributed by atoms with Crippen LogP contribution in [0.4, 0.5) is 16.3 Å². The summed E-state index contributed by atoms with van der Waals surface area (Å²) >= 11 is 0. The number of fused-ring (bicyclic) bond motifs is 1. The lowest BCUT2D eigenvalue weighted by atomic mass is 9.99. The fourth-order valence-electron chi connectivity index (χ4n) is 5.39. The Kier molecular flexibility index (Phi) is 8.05. The first-order valence-electron chi connectivity index (χ1n) is 14.2. The average Bonchev–Trinajstić information content (AvgIpc) is 3.46. The van der Waals surface area contributed by atoms with Gasteiger partial charge in [-0.25, -0.2) is 9.78 Å². The first kappa shape index (κ1) is 27.4. The SMILES string of the molecule is Cc1ccccc1C1=Nc2c(cccc2C(=O)Nc2ccc(CN3CCN(C(=O)OCc4ccccc4)CC3)cn2)C1. The van der Waals surface area contributed by atoms with Gasteiger partial charge in [0.15, 0.2) is 0 Å². The van der Waals surface area contributed by atoms with Crippen molar-refractivity contribution < 1.29 is 14.3 Å². The largest absolute Gasteiger partial charge is 0.445 e. The lowest BCUT2D eigenvalue weighted by Crippen LogP contribution is -2.48. The molecule has 2 aliphatic rings. The maximum Gasteiger partial charge on any atom is 0.410 e. The number of hydrogen-bond donors (Lipinski definition) is 1. The highest BCUT2D eigenvalue weighted by molar-refractivity contribution is 6.13. The Bertz CT molecular complexity index is 1610. The molecule has 212 valence electrons. The van der Waals surface area contributed by atoms with Gasteiger partial charge in [0.05, 0.1) is 17.0 Å². The number of hydrogen-bond acceptors (Lipinski definition) is 6. The predicted molar refractivity (Wildman–Crippen MR) is 163 cm³/mol. The molecule has 6 rings (SSSR count). The van der Waals surface area contributed by atoms with Crippen molar-refractivity contribution in [2.75, 3.05) is 31.5 Å². The number of para-hydroxylation sites is 1. The third-order valence-electron chi connectivity index (χ3n) is 7.73. The van der Waals surface area contributed by atoms with Gasteiger partial charge >= 0.3 is 6.09 Å². The van der Waals surface area contributed by atoms with Crippen molar-refractivity contribution in [1.29, 1.82) is 0 Å². The summed E-state index contributed by atoms with van der Waals surface area (Å²) in [5, 5.41) is 2.94. The highest BCUT2D eigenvalue weighted by atomic mass is 16.6. The molecule has 8 heteroatoms. The van der Waals surface area contributed by atoms with E-state index in [9.17, 15) is 9.59 Å². The van der Waals surface area contributed by atoms with Gasteiger partial charge in [-0.2, -0.15) is 0 Å². The zero-order chi connectivity index (χ0) is 28.9. The summed E-state index contributed by atoms with van der Waals surface area (Å²) in [5.74, 6) is 0.269. The molecule has 0 bridgehead atoms. The smallest absolute Gasteiger partial charge is 0.410 e. The van der Waals surface area contributed by atoms with E-state index in [1.54, 1.807) is 11.1 Å².